The maximum Gasteiger partial charge on any atom is 0.259 e. The van der Waals surface area contributed by atoms with Crippen LogP contribution in [-0.2, 0) is 24.1 Å². The van der Waals surface area contributed by atoms with Gasteiger partial charge in [0.1, 0.15) is 16.5 Å². The van der Waals surface area contributed by atoms with Gasteiger partial charge in [-0.2, -0.15) is 0 Å². The molecule has 1 aliphatic carbocycles. The molecule has 3 aromatic rings. The van der Waals surface area contributed by atoms with Crippen LogP contribution in [0.15, 0.2) is 29.1 Å². The normalized spacial score (nSPS) is 19.1. The number of benzene rings is 1. The Morgan fingerprint density at radius 3 is 2.93 bits per heavy atom. The Kier molecular flexibility index (Phi) is 5.15. The summed E-state index contributed by atoms with van der Waals surface area (Å²) in [6, 6.07) is 6.41. The molecule has 1 atom stereocenters. The lowest BCUT2D eigenvalue weighted by Crippen LogP contribution is -2.40. The van der Waals surface area contributed by atoms with Crippen molar-refractivity contribution in [2.45, 2.75) is 50.9 Å². The fraction of sp³-hybridized carbons (Fsp3) is 0.435. The highest BCUT2D eigenvalue weighted by Crippen LogP contribution is 2.34. The summed E-state index contributed by atoms with van der Waals surface area (Å²) in [5, 5.41) is 0.766. The molecule has 0 bridgehead atoms. The highest BCUT2D eigenvalue weighted by atomic mass is 32.1. The molecule has 1 aliphatic heterocycles. The Labute approximate surface area is 178 Å². The van der Waals surface area contributed by atoms with Crippen molar-refractivity contribution in [1.29, 1.82) is 0 Å². The summed E-state index contributed by atoms with van der Waals surface area (Å²) < 4.78 is 13.9. The molecule has 1 fully saturated rings. The number of piperidine rings is 1. The largest absolute Gasteiger partial charge is 0.342 e. The zero-order chi connectivity index (χ0) is 20.7. The zero-order valence-electron chi connectivity index (χ0n) is 16.7. The van der Waals surface area contributed by atoms with Crippen molar-refractivity contribution in [1.82, 2.24) is 14.9 Å². The van der Waals surface area contributed by atoms with Gasteiger partial charge < -0.3 is 9.88 Å². The van der Waals surface area contributed by atoms with Crippen LogP contribution in [0.1, 0.15) is 53.4 Å². The van der Waals surface area contributed by atoms with Crippen LogP contribution >= 0.6 is 11.3 Å². The fourth-order valence-electron chi connectivity index (χ4n) is 4.72. The first kappa shape index (κ1) is 19.4. The molecular formula is C23H24FN3O2S. The van der Waals surface area contributed by atoms with E-state index in [0.717, 1.165) is 42.3 Å². The van der Waals surface area contributed by atoms with Gasteiger partial charge in [-0.25, -0.2) is 9.37 Å². The summed E-state index contributed by atoms with van der Waals surface area (Å²) in [4.78, 5) is 37.4. The van der Waals surface area contributed by atoms with E-state index in [4.69, 9.17) is 4.98 Å². The number of carbonyl (C=O) groups is 1. The molecule has 1 N–H and O–H groups in total. The molecule has 7 heteroatoms. The van der Waals surface area contributed by atoms with Crippen molar-refractivity contribution in [3.05, 3.63) is 62.3 Å². The fourth-order valence-corrected chi connectivity index (χ4v) is 5.99. The van der Waals surface area contributed by atoms with E-state index in [1.807, 2.05) is 0 Å². The molecule has 0 unspecified atom stereocenters. The predicted molar refractivity (Wildman–Crippen MR) is 116 cm³/mol. The average Bonchev–Trinajstić information content (AvgIpc) is 3.14. The molecule has 1 aromatic carbocycles. The molecule has 5 rings (SSSR count). The third-order valence-corrected chi connectivity index (χ3v) is 7.49. The van der Waals surface area contributed by atoms with E-state index in [2.05, 4.69) is 4.98 Å². The number of aryl methyl sites for hydroxylation is 2. The van der Waals surface area contributed by atoms with Crippen LogP contribution in [0.5, 0.6) is 0 Å². The average molecular weight is 426 g/mol. The van der Waals surface area contributed by atoms with Gasteiger partial charge in [0.25, 0.3) is 5.56 Å². The highest BCUT2D eigenvalue weighted by Gasteiger charge is 2.28. The van der Waals surface area contributed by atoms with Crippen molar-refractivity contribution in [2.75, 3.05) is 13.1 Å². The number of rotatable bonds is 3. The van der Waals surface area contributed by atoms with Gasteiger partial charge >= 0.3 is 0 Å². The minimum Gasteiger partial charge on any atom is -0.342 e. The number of likely N-dealkylation sites (tertiary alicyclic amines) is 1. The number of fused-ring (bicyclic) bond motifs is 3. The van der Waals surface area contributed by atoms with Gasteiger partial charge in [0.05, 0.1) is 11.8 Å². The van der Waals surface area contributed by atoms with Crippen LogP contribution in [0.4, 0.5) is 4.39 Å². The number of carbonyl (C=O) groups excluding carboxylic acids is 1. The van der Waals surface area contributed by atoms with Crippen LogP contribution in [0, 0.1) is 5.82 Å². The van der Waals surface area contributed by atoms with E-state index >= 15 is 0 Å². The lowest BCUT2D eigenvalue weighted by molar-refractivity contribution is -0.131. The van der Waals surface area contributed by atoms with E-state index in [0.29, 0.717) is 24.5 Å². The molecule has 0 saturated carbocycles. The second kappa shape index (κ2) is 7.95. The van der Waals surface area contributed by atoms with Gasteiger partial charge in [0.2, 0.25) is 5.91 Å². The lowest BCUT2D eigenvalue weighted by atomic mass is 9.95. The van der Waals surface area contributed by atoms with Crippen molar-refractivity contribution in [2.24, 2.45) is 0 Å². The number of hydrogen-bond acceptors (Lipinski definition) is 4. The van der Waals surface area contributed by atoms with Gasteiger partial charge in [0, 0.05) is 23.9 Å². The summed E-state index contributed by atoms with van der Waals surface area (Å²) in [6.07, 6.45) is 6.07. The van der Waals surface area contributed by atoms with Gasteiger partial charge in [0.15, 0.2) is 0 Å². The van der Waals surface area contributed by atoms with E-state index in [9.17, 15) is 14.0 Å². The molecule has 1 amide bonds. The summed E-state index contributed by atoms with van der Waals surface area (Å²) >= 11 is 1.65. The minimum absolute atomic E-state index is 0.000418. The van der Waals surface area contributed by atoms with E-state index in [-0.39, 0.29) is 29.6 Å². The maximum atomic E-state index is 13.9. The number of aromatic nitrogens is 2. The molecular weight excluding hydrogens is 401 g/mol. The van der Waals surface area contributed by atoms with Gasteiger partial charge in [-0.1, -0.05) is 18.2 Å². The van der Waals surface area contributed by atoms with Gasteiger partial charge in [-0.05, 0) is 55.7 Å². The number of nitrogens with zero attached hydrogens (tertiary/aromatic N) is 2. The van der Waals surface area contributed by atoms with Crippen LogP contribution in [0.2, 0.25) is 0 Å². The van der Waals surface area contributed by atoms with E-state index < -0.39 is 0 Å². The molecule has 0 radical (unpaired) electrons. The second-order valence-corrected chi connectivity index (χ2v) is 9.37. The van der Waals surface area contributed by atoms with Crippen LogP contribution in [0.3, 0.4) is 0 Å². The SMILES string of the molecule is O=C(Cc1ccccc1F)N1CCC[C@H](c2nc3sc4c(c3c(=O)[nH]2)CCCC4)C1. The number of amides is 1. The molecule has 2 aromatic heterocycles. The first-order valence-corrected chi connectivity index (χ1v) is 11.5. The number of hydrogen-bond donors (Lipinski definition) is 1. The smallest absolute Gasteiger partial charge is 0.259 e. The zero-order valence-corrected chi connectivity index (χ0v) is 17.6. The van der Waals surface area contributed by atoms with Gasteiger partial charge in [-0.15, -0.1) is 11.3 Å². The van der Waals surface area contributed by atoms with Crippen LogP contribution in [0.25, 0.3) is 10.2 Å². The maximum absolute atomic E-state index is 13.9. The number of H-pyrrole nitrogens is 1. The third kappa shape index (κ3) is 3.55. The number of halogens is 1. The van der Waals surface area contributed by atoms with Gasteiger partial charge in [-0.3, -0.25) is 9.59 Å². The van der Waals surface area contributed by atoms with Crippen molar-refractivity contribution in [3.63, 3.8) is 0 Å². The standard InChI is InChI=1S/C23H24FN3O2S/c24-17-9-3-1-6-14(17)12-19(28)27-11-5-7-15(13-27)21-25-22(29)20-16-8-2-4-10-18(16)30-23(20)26-21/h1,3,6,9,15H,2,4-5,7-8,10-13H2,(H,25,26,29)/t15-/m0/s1. The topological polar surface area (TPSA) is 66.1 Å². The van der Waals surface area contributed by atoms with Crippen LogP contribution < -0.4 is 5.56 Å². The number of thiophene rings is 1. The number of aromatic amines is 1. The van der Waals surface area contributed by atoms with E-state index in [1.165, 1.54) is 22.9 Å². The molecule has 30 heavy (non-hydrogen) atoms. The Bertz CT molecular complexity index is 1170. The Morgan fingerprint density at radius 2 is 2.07 bits per heavy atom. The lowest BCUT2D eigenvalue weighted by Gasteiger charge is -2.32. The Hall–Kier alpha value is -2.54. The van der Waals surface area contributed by atoms with E-state index in [1.54, 1.807) is 34.4 Å². The molecule has 0 spiro atoms. The Morgan fingerprint density at radius 1 is 1.23 bits per heavy atom. The third-order valence-electron chi connectivity index (χ3n) is 6.30. The number of nitrogens with one attached hydrogen (secondary N) is 1. The molecule has 1 saturated heterocycles. The first-order valence-electron chi connectivity index (χ1n) is 10.7. The van der Waals surface area contributed by atoms with Crippen LogP contribution in [-0.4, -0.2) is 33.9 Å². The summed E-state index contributed by atoms with van der Waals surface area (Å²) in [5.41, 5.74) is 1.55. The first-order chi connectivity index (χ1) is 14.6. The minimum atomic E-state index is -0.350. The monoisotopic (exact) mass is 425 g/mol. The summed E-state index contributed by atoms with van der Waals surface area (Å²) in [7, 11) is 0. The molecule has 2 aliphatic rings. The second-order valence-electron chi connectivity index (χ2n) is 8.29. The molecule has 156 valence electrons. The van der Waals surface area contributed by atoms with Crippen molar-refractivity contribution >= 4 is 27.5 Å². The molecule has 3 heterocycles. The summed E-state index contributed by atoms with van der Waals surface area (Å²) in [6.45, 7) is 1.16. The summed E-state index contributed by atoms with van der Waals surface area (Å²) in [5.74, 6) is 0.242. The van der Waals surface area contributed by atoms with Crippen molar-refractivity contribution in [3.8, 4) is 0 Å². The predicted octanol–water partition coefficient (Wildman–Crippen LogP) is 3.95. The quantitative estimate of drug-likeness (QED) is 0.691. The van der Waals surface area contributed by atoms with Crippen molar-refractivity contribution < 1.29 is 9.18 Å². The Balaban J connectivity index is 1.38. The highest BCUT2D eigenvalue weighted by molar-refractivity contribution is 7.18. The molecule has 5 nitrogen and oxygen atoms in total.